The topological polar surface area (TPSA) is 3.24 Å². The van der Waals surface area contributed by atoms with Gasteiger partial charge in [-0.15, -0.1) is 0 Å². The second-order valence-corrected chi connectivity index (χ2v) is 4.58. The average Bonchev–Trinajstić information content (AvgIpc) is 2.54. The molecule has 0 amide bonds. The third-order valence-corrected chi connectivity index (χ3v) is 3.29. The Bertz CT molecular complexity index is 153. The van der Waals surface area contributed by atoms with Crippen molar-refractivity contribution in [2.75, 3.05) is 13.1 Å². The first-order chi connectivity index (χ1) is 5.62. The van der Waals surface area contributed by atoms with Crippen LogP contribution in [0.1, 0.15) is 41.0 Å². The molecule has 2 fully saturated rings. The molecule has 0 aromatic heterocycles. The van der Waals surface area contributed by atoms with Crippen LogP contribution in [0.15, 0.2) is 0 Å². The molecule has 1 saturated heterocycles. The van der Waals surface area contributed by atoms with Crippen molar-refractivity contribution in [3.8, 4) is 0 Å². The second-order valence-electron chi connectivity index (χ2n) is 4.58. The number of rotatable bonds is 1. The summed E-state index contributed by atoms with van der Waals surface area (Å²) in [5, 5.41) is 0. The minimum absolute atomic E-state index is 0.740. The van der Waals surface area contributed by atoms with Gasteiger partial charge in [-0.1, -0.05) is 20.8 Å². The summed E-state index contributed by atoms with van der Waals surface area (Å²) in [6.45, 7) is 13.8. The van der Waals surface area contributed by atoms with Crippen LogP contribution in [0.3, 0.4) is 0 Å². The number of fused-ring (bicyclic) bond motifs is 1. The molecule has 2 unspecified atom stereocenters. The van der Waals surface area contributed by atoms with E-state index >= 15 is 0 Å². The molecule has 2 rings (SSSR count). The first-order valence-electron chi connectivity index (χ1n) is 5.36. The summed E-state index contributed by atoms with van der Waals surface area (Å²) in [5.74, 6) is 1.05. The Labute approximate surface area is 77.1 Å². The third kappa shape index (κ3) is 1.66. The van der Waals surface area contributed by atoms with E-state index in [1.165, 1.54) is 19.5 Å². The molecule has 0 bridgehead atoms. The molecule has 2 atom stereocenters. The molecule has 0 radical (unpaired) electrons. The van der Waals surface area contributed by atoms with Crippen molar-refractivity contribution >= 4 is 0 Å². The zero-order chi connectivity index (χ0) is 9.35. The fourth-order valence-electron chi connectivity index (χ4n) is 2.19. The van der Waals surface area contributed by atoms with Crippen molar-refractivity contribution in [3.05, 3.63) is 0 Å². The van der Waals surface area contributed by atoms with Crippen LogP contribution in [0, 0.1) is 11.3 Å². The number of likely N-dealkylation sites (tertiary alicyclic amines) is 1. The van der Waals surface area contributed by atoms with E-state index in [4.69, 9.17) is 0 Å². The first-order valence-corrected chi connectivity index (χ1v) is 5.36. The quantitative estimate of drug-likeness (QED) is 0.583. The van der Waals surface area contributed by atoms with Gasteiger partial charge in [-0.25, -0.2) is 0 Å². The molecule has 1 heterocycles. The lowest BCUT2D eigenvalue weighted by atomic mass is 10.1. The van der Waals surface area contributed by atoms with Gasteiger partial charge in [0.05, 0.1) is 0 Å². The lowest BCUT2D eigenvalue weighted by molar-refractivity contribution is 0.234. The Kier molecular flexibility index (Phi) is 2.82. The summed E-state index contributed by atoms with van der Waals surface area (Å²) in [6.07, 6.45) is 1.50. The molecule has 12 heavy (non-hydrogen) atoms. The highest BCUT2D eigenvalue weighted by Gasteiger charge is 2.56. The van der Waals surface area contributed by atoms with Gasteiger partial charge in [0.25, 0.3) is 0 Å². The van der Waals surface area contributed by atoms with E-state index in [0.717, 1.165) is 17.4 Å². The zero-order valence-electron chi connectivity index (χ0n) is 9.22. The van der Waals surface area contributed by atoms with Gasteiger partial charge in [0.1, 0.15) is 0 Å². The van der Waals surface area contributed by atoms with Crippen LogP contribution < -0.4 is 0 Å². The maximum absolute atomic E-state index is 2.61. The third-order valence-electron chi connectivity index (χ3n) is 3.29. The van der Waals surface area contributed by atoms with Gasteiger partial charge in [0.15, 0.2) is 0 Å². The molecule has 72 valence electrons. The molecule has 1 saturated carbocycles. The van der Waals surface area contributed by atoms with E-state index in [-0.39, 0.29) is 0 Å². The second kappa shape index (κ2) is 3.37. The summed E-state index contributed by atoms with van der Waals surface area (Å²) >= 11 is 0. The Balaban J connectivity index is 0.000000336. The van der Waals surface area contributed by atoms with Crippen LogP contribution in [0.25, 0.3) is 0 Å². The Hall–Kier alpha value is -0.0400. The SMILES string of the molecule is CC.CC(C)N1CC2CC2(C)C1. The van der Waals surface area contributed by atoms with Gasteiger partial charge in [-0.3, -0.25) is 0 Å². The van der Waals surface area contributed by atoms with Gasteiger partial charge in [-0.05, 0) is 31.6 Å². The molecule has 2 aliphatic rings. The van der Waals surface area contributed by atoms with Crippen molar-refractivity contribution in [2.45, 2.75) is 47.1 Å². The summed E-state index contributed by atoms with van der Waals surface area (Å²) in [5.41, 5.74) is 0.740. The average molecular weight is 169 g/mol. The molecular weight excluding hydrogens is 146 g/mol. The van der Waals surface area contributed by atoms with Crippen molar-refractivity contribution in [1.29, 1.82) is 0 Å². The van der Waals surface area contributed by atoms with Crippen molar-refractivity contribution < 1.29 is 0 Å². The minimum atomic E-state index is 0.740. The maximum Gasteiger partial charge on any atom is 0.00414 e. The van der Waals surface area contributed by atoms with Crippen LogP contribution in [-0.4, -0.2) is 24.0 Å². The predicted molar refractivity (Wildman–Crippen MR) is 54.3 cm³/mol. The fraction of sp³-hybridized carbons (Fsp3) is 1.00. The van der Waals surface area contributed by atoms with E-state index in [2.05, 4.69) is 25.7 Å². The molecule has 0 aromatic rings. The molecule has 0 N–H and O–H groups in total. The summed E-state index contributed by atoms with van der Waals surface area (Å²) in [4.78, 5) is 2.61. The van der Waals surface area contributed by atoms with Crippen LogP contribution in [-0.2, 0) is 0 Å². The standard InChI is InChI=1S/C9H17N.C2H6/c1-7(2)10-5-8-4-9(8,3)6-10;1-2/h7-8H,4-6H2,1-3H3;1-2H3. The van der Waals surface area contributed by atoms with Crippen molar-refractivity contribution in [1.82, 2.24) is 4.90 Å². The monoisotopic (exact) mass is 169 g/mol. The highest BCUT2D eigenvalue weighted by Crippen LogP contribution is 2.57. The lowest BCUT2D eigenvalue weighted by Crippen LogP contribution is -2.31. The van der Waals surface area contributed by atoms with E-state index in [9.17, 15) is 0 Å². The molecule has 1 nitrogen and oxygen atoms in total. The number of nitrogens with zero attached hydrogens (tertiary/aromatic N) is 1. The van der Waals surface area contributed by atoms with Crippen molar-refractivity contribution in [2.24, 2.45) is 11.3 Å². The largest absolute Gasteiger partial charge is 0.300 e. The van der Waals surface area contributed by atoms with Crippen LogP contribution in [0.2, 0.25) is 0 Å². The molecule has 1 aliphatic heterocycles. The van der Waals surface area contributed by atoms with E-state index in [1.807, 2.05) is 13.8 Å². The summed E-state index contributed by atoms with van der Waals surface area (Å²) in [7, 11) is 0. The van der Waals surface area contributed by atoms with Gasteiger partial charge >= 0.3 is 0 Å². The van der Waals surface area contributed by atoms with Crippen molar-refractivity contribution in [3.63, 3.8) is 0 Å². The Morgan fingerprint density at radius 3 is 2.17 bits per heavy atom. The van der Waals surface area contributed by atoms with Gasteiger partial charge in [-0.2, -0.15) is 0 Å². The molecule has 1 heteroatoms. The van der Waals surface area contributed by atoms with Gasteiger partial charge in [0.2, 0.25) is 0 Å². The van der Waals surface area contributed by atoms with Gasteiger partial charge in [0, 0.05) is 19.1 Å². The minimum Gasteiger partial charge on any atom is -0.300 e. The maximum atomic E-state index is 2.61. The highest BCUT2D eigenvalue weighted by atomic mass is 15.2. The summed E-state index contributed by atoms with van der Waals surface area (Å²) in [6, 6.07) is 0.768. The zero-order valence-corrected chi connectivity index (χ0v) is 9.22. The Morgan fingerprint density at radius 2 is 1.92 bits per heavy atom. The number of hydrogen-bond donors (Lipinski definition) is 0. The van der Waals surface area contributed by atoms with E-state index < -0.39 is 0 Å². The van der Waals surface area contributed by atoms with E-state index in [1.54, 1.807) is 0 Å². The van der Waals surface area contributed by atoms with Gasteiger partial charge < -0.3 is 4.90 Å². The number of piperidine rings is 1. The molecule has 1 aliphatic carbocycles. The fourth-order valence-corrected chi connectivity index (χ4v) is 2.19. The molecule has 0 spiro atoms. The summed E-state index contributed by atoms with van der Waals surface area (Å²) < 4.78 is 0. The van der Waals surface area contributed by atoms with Crippen LogP contribution >= 0.6 is 0 Å². The smallest absolute Gasteiger partial charge is 0.00414 e. The number of hydrogen-bond acceptors (Lipinski definition) is 1. The van der Waals surface area contributed by atoms with Crippen LogP contribution in [0.4, 0.5) is 0 Å². The molecular formula is C11H23N. The predicted octanol–water partition coefficient (Wildman–Crippen LogP) is 2.76. The molecule has 0 aromatic carbocycles. The highest BCUT2D eigenvalue weighted by molar-refractivity contribution is 5.07. The lowest BCUT2D eigenvalue weighted by Gasteiger charge is -2.22. The first kappa shape index (κ1) is 10.0. The van der Waals surface area contributed by atoms with Crippen LogP contribution in [0.5, 0.6) is 0 Å². The van der Waals surface area contributed by atoms with E-state index in [0.29, 0.717) is 0 Å². The normalized spacial score (nSPS) is 39.0. The Morgan fingerprint density at radius 1 is 1.33 bits per heavy atom.